The summed E-state index contributed by atoms with van der Waals surface area (Å²) in [6.45, 7) is 1.73. The molecule has 0 saturated heterocycles. The molecule has 0 heterocycles. The molecule has 0 radical (unpaired) electrons. The summed E-state index contributed by atoms with van der Waals surface area (Å²) in [7, 11) is -9.73. The van der Waals surface area contributed by atoms with Crippen molar-refractivity contribution in [3.8, 4) is 11.8 Å². The minimum atomic E-state index is -5.03. The Labute approximate surface area is 93.6 Å². The summed E-state index contributed by atoms with van der Waals surface area (Å²) in [6, 6.07) is 0. The Bertz CT molecular complexity index is 349. The summed E-state index contributed by atoms with van der Waals surface area (Å²) in [4.78, 5) is 25.4. The Morgan fingerprint density at radius 1 is 1.12 bits per heavy atom. The third-order valence-corrected chi connectivity index (χ3v) is 3.38. The second kappa shape index (κ2) is 7.21. The van der Waals surface area contributed by atoms with E-state index in [2.05, 4.69) is 20.7 Å². The van der Waals surface area contributed by atoms with Gasteiger partial charge in [0.05, 0.1) is 6.61 Å². The number of hydrogen-bond acceptors (Lipinski definition) is 4. The Balaban J connectivity index is 3.89. The summed E-state index contributed by atoms with van der Waals surface area (Å²) in [5.74, 6) is 5.44. The second-order valence-corrected chi connectivity index (χ2v) is 5.56. The highest BCUT2D eigenvalue weighted by molar-refractivity contribution is 7.60. The van der Waals surface area contributed by atoms with E-state index in [1.165, 1.54) is 0 Å². The zero-order chi connectivity index (χ0) is 12.7. The molecule has 1 atom stereocenters. The van der Waals surface area contributed by atoms with Gasteiger partial charge in [-0.25, -0.2) is 9.13 Å². The molecule has 0 fully saturated rings. The highest BCUT2D eigenvalue weighted by atomic mass is 31.3. The van der Waals surface area contributed by atoms with Crippen molar-refractivity contribution in [1.29, 1.82) is 0 Å². The molecule has 16 heavy (non-hydrogen) atoms. The fourth-order valence-corrected chi connectivity index (χ4v) is 2.26. The lowest BCUT2D eigenvalue weighted by molar-refractivity contribution is 0.181. The summed E-state index contributed by atoms with van der Waals surface area (Å²) >= 11 is 0. The Morgan fingerprint density at radius 2 is 1.69 bits per heavy atom. The van der Waals surface area contributed by atoms with Crippen molar-refractivity contribution < 1.29 is 32.6 Å². The van der Waals surface area contributed by atoms with Crippen molar-refractivity contribution in [1.82, 2.24) is 0 Å². The van der Waals surface area contributed by atoms with Crippen LogP contribution in [0.15, 0.2) is 0 Å². The maximum absolute atomic E-state index is 10.9. The van der Waals surface area contributed by atoms with Crippen LogP contribution in [0.4, 0.5) is 0 Å². The zero-order valence-electron chi connectivity index (χ0n) is 8.70. The fourth-order valence-electron chi connectivity index (χ4n) is 0.672. The number of unbranched alkanes of at least 4 members (excludes halogenated alkanes) is 1. The molecule has 0 aromatic rings. The SMILES string of the molecule is CCCC#CCCOP(=O)(O)OP(=O)(O)O. The van der Waals surface area contributed by atoms with E-state index in [1.54, 1.807) is 0 Å². The average Bonchev–Trinajstić information content (AvgIpc) is 2.06. The highest BCUT2D eigenvalue weighted by Gasteiger charge is 2.31. The van der Waals surface area contributed by atoms with Crippen molar-refractivity contribution in [3.05, 3.63) is 0 Å². The van der Waals surface area contributed by atoms with Crippen molar-refractivity contribution in [2.75, 3.05) is 6.61 Å². The van der Waals surface area contributed by atoms with Crippen LogP contribution >= 0.6 is 15.6 Å². The van der Waals surface area contributed by atoms with Crippen LogP contribution in [0.1, 0.15) is 26.2 Å². The molecule has 0 amide bonds. The molecular weight excluding hydrogens is 258 g/mol. The molecule has 7 nitrogen and oxygen atoms in total. The van der Waals surface area contributed by atoms with E-state index in [9.17, 15) is 9.13 Å². The largest absolute Gasteiger partial charge is 0.481 e. The van der Waals surface area contributed by atoms with E-state index in [-0.39, 0.29) is 13.0 Å². The van der Waals surface area contributed by atoms with Crippen LogP contribution in [0.2, 0.25) is 0 Å². The van der Waals surface area contributed by atoms with Gasteiger partial charge in [-0.2, -0.15) is 4.31 Å². The van der Waals surface area contributed by atoms with Gasteiger partial charge >= 0.3 is 15.6 Å². The van der Waals surface area contributed by atoms with Crippen LogP contribution in [-0.2, 0) is 18.0 Å². The summed E-state index contributed by atoms with van der Waals surface area (Å²) in [5, 5.41) is 0. The third kappa shape index (κ3) is 10.3. The van der Waals surface area contributed by atoms with Gasteiger partial charge in [-0.3, -0.25) is 4.52 Å². The van der Waals surface area contributed by atoms with E-state index in [4.69, 9.17) is 14.7 Å². The first-order valence-electron chi connectivity index (χ1n) is 4.47. The van der Waals surface area contributed by atoms with Crippen LogP contribution in [-0.4, -0.2) is 21.3 Å². The lowest BCUT2D eigenvalue weighted by Gasteiger charge is -2.10. The molecule has 0 spiro atoms. The van der Waals surface area contributed by atoms with Crippen LogP contribution < -0.4 is 0 Å². The van der Waals surface area contributed by atoms with Gasteiger partial charge < -0.3 is 14.7 Å². The molecule has 1 unspecified atom stereocenters. The van der Waals surface area contributed by atoms with Gasteiger partial charge in [-0.15, -0.1) is 11.8 Å². The predicted molar refractivity (Wildman–Crippen MR) is 56.2 cm³/mol. The first-order chi connectivity index (χ1) is 7.27. The highest BCUT2D eigenvalue weighted by Crippen LogP contribution is 2.57. The Hall–Kier alpha value is -0.180. The van der Waals surface area contributed by atoms with Gasteiger partial charge in [-0.1, -0.05) is 6.92 Å². The standard InChI is InChI=1S/C7H14O7P2/c1-2-3-4-5-6-7-13-16(11,12)14-15(8,9)10/h2-3,6-7H2,1H3,(H,11,12)(H2,8,9,10). The van der Waals surface area contributed by atoms with Crippen LogP contribution in [0.5, 0.6) is 0 Å². The first-order valence-corrected chi connectivity index (χ1v) is 7.49. The van der Waals surface area contributed by atoms with Gasteiger partial charge in [-0.05, 0) is 6.42 Å². The van der Waals surface area contributed by atoms with Gasteiger partial charge in [0.25, 0.3) is 0 Å². The molecule has 0 aromatic heterocycles. The molecule has 94 valence electrons. The Kier molecular flexibility index (Phi) is 7.12. The molecule has 0 bridgehead atoms. The van der Waals surface area contributed by atoms with Gasteiger partial charge in [0.1, 0.15) is 0 Å². The maximum Gasteiger partial charge on any atom is 0.481 e. The van der Waals surface area contributed by atoms with Crippen molar-refractivity contribution in [2.45, 2.75) is 26.2 Å². The zero-order valence-corrected chi connectivity index (χ0v) is 10.5. The molecule has 9 heteroatoms. The van der Waals surface area contributed by atoms with Crippen molar-refractivity contribution in [2.24, 2.45) is 0 Å². The lowest BCUT2D eigenvalue weighted by Crippen LogP contribution is -1.95. The Morgan fingerprint density at radius 3 is 2.19 bits per heavy atom. The molecule has 0 saturated carbocycles. The van der Waals surface area contributed by atoms with E-state index in [1.807, 2.05) is 6.92 Å². The molecule has 0 aliphatic rings. The molecule has 0 aliphatic carbocycles. The molecule has 0 rings (SSSR count). The topological polar surface area (TPSA) is 113 Å². The summed E-state index contributed by atoms with van der Waals surface area (Å²) in [5.41, 5.74) is 0. The maximum atomic E-state index is 10.9. The molecular formula is C7H14O7P2. The molecule has 3 N–H and O–H groups in total. The molecule has 0 aliphatic heterocycles. The normalized spacial score (nSPS) is 15.0. The van der Waals surface area contributed by atoms with E-state index in [0.717, 1.165) is 12.8 Å². The smallest absolute Gasteiger partial charge is 0.302 e. The van der Waals surface area contributed by atoms with Crippen molar-refractivity contribution in [3.63, 3.8) is 0 Å². The quantitative estimate of drug-likeness (QED) is 0.380. The van der Waals surface area contributed by atoms with Crippen LogP contribution in [0.25, 0.3) is 0 Å². The third-order valence-electron chi connectivity index (χ3n) is 1.19. The van der Waals surface area contributed by atoms with E-state index >= 15 is 0 Å². The van der Waals surface area contributed by atoms with E-state index < -0.39 is 15.6 Å². The fraction of sp³-hybridized carbons (Fsp3) is 0.714. The van der Waals surface area contributed by atoms with Gasteiger partial charge in [0, 0.05) is 12.8 Å². The molecule has 0 aromatic carbocycles. The number of phosphoric ester groups is 1. The minimum Gasteiger partial charge on any atom is -0.302 e. The predicted octanol–water partition coefficient (Wildman–Crippen LogP) is 1.41. The first kappa shape index (κ1) is 15.8. The monoisotopic (exact) mass is 272 g/mol. The number of rotatable bonds is 6. The van der Waals surface area contributed by atoms with Crippen molar-refractivity contribution >= 4 is 15.6 Å². The van der Waals surface area contributed by atoms with Crippen LogP contribution in [0.3, 0.4) is 0 Å². The summed E-state index contributed by atoms with van der Waals surface area (Å²) < 4.78 is 29.0. The average molecular weight is 272 g/mol. The van der Waals surface area contributed by atoms with Crippen LogP contribution in [0, 0.1) is 11.8 Å². The van der Waals surface area contributed by atoms with Gasteiger partial charge in [0.2, 0.25) is 0 Å². The summed E-state index contributed by atoms with van der Waals surface area (Å²) in [6.07, 6.45) is 1.82. The minimum absolute atomic E-state index is 0.190. The van der Waals surface area contributed by atoms with Gasteiger partial charge in [0.15, 0.2) is 0 Å². The lowest BCUT2D eigenvalue weighted by atomic mass is 10.3. The number of hydrogen-bond donors (Lipinski definition) is 3. The van der Waals surface area contributed by atoms with E-state index in [0.29, 0.717) is 0 Å². The second-order valence-electron chi connectivity index (χ2n) is 2.73. The number of phosphoric acid groups is 2.